The van der Waals surface area contributed by atoms with Crippen LogP contribution in [0.3, 0.4) is 0 Å². The van der Waals surface area contributed by atoms with Gasteiger partial charge in [-0.3, -0.25) is 0 Å². The molecular weight excluding hydrogens is 300 g/mol. The van der Waals surface area contributed by atoms with Gasteiger partial charge in [0.2, 0.25) is 0 Å². The van der Waals surface area contributed by atoms with Crippen molar-refractivity contribution in [1.82, 2.24) is 29.9 Å². The van der Waals surface area contributed by atoms with E-state index < -0.39 is 0 Å². The monoisotopic (exact) mass is 322 g/mol. The Hall–Kier alpha value is -2.47. The normalized spacial score (nSPS) is 17.0. The quantitative estimate of drug-likeness (QED) is 0.782. The topological polar surface area (TPSA) is 60.6 Å². The zero-order valence-corrected chi connectivity index (χ0v) is 13.9. The summed E-state index contributed by atoms with van der Waals surface area (Å²) < 4.78 is 3.94. The van der Waals surface area contributed by atoms with Crippen molar-refractivity contribution < 1.29 is 0 Å². The maximum Gasteiger partial charge on any atom is 0.150 e. The standard InChI is InChI=1S/C18H22N6/c1-2-17-21-18-9-6-15(13-24(18)22-17)19-12-14-4-7-16(8-5-14)23-11-3-10-20-23/h3-5,7-8,10-11,15,19H,2,6,9,12-13H2,1H3/t15-/m1/s1. The number of nitrogens with zero attached hydrogens (tertiary/aromatic N) is 5. The largest absolute Gasteiger partial charge is 0.308 e. The lowest BCUT2D eigenvalue weighted by atomic mass is 10.1. The summed E-state index contributed by atoms with van der Waals surface area (Å²) in [6, 6.07) is 10.9. The van der Waals surface area contributed by atoms with Crippen molar-refractivity contribution in [3.05, 3.63) is 59.9 Å². The molecule has 1 aromatic carbocycles. The Bertz CT molecular complexity index is 788. The summed E-state index contributed by atoms with van der Waals surface area (Å²) in [5.74, 6) is 2.09. The van der Waals surface area contributed by atoms with Gasteiger partial charge in [-0.1, -0.05) is 19.1 Å². The Morgan fingerprint density at radius 2 is 2.12 bits per heavy atom. The van der Waals surface area contributed by atoms with Crippen LogP contribution in [0.4, 0.5) is 0 Å². The average molecular weight is 322 g/mol. The fraction of sp³-hybridized carbons (Fsp3) is 0.389. The van der Waals surface area contributed by atoms with Crippen molar-refractivity contribution in [3.8, 4) is 5.69 Å². The predicted octanol–water partition coefficient (Wildman–Crippen LogP) is 2.13. The lowest BCUT2D eigenvalue weighted by Crippen LogP contribution is -2.37. The van der Waals surface area contributed by atoms with E-state index >= 15 is 0 Å². The zero-order valence-electron chi connectivity index (χ0n) is 13.9. The van der Waals surface area contributed by atoms with Crippen molar-refractivity contribution in [2.24, 2.45) is 0 Å². The third kappa shape index (κ3) is 3.10. The molecule has 4 rings (SSSR count). The maximum atomic E-state index is 4.57. The third-order valence-corrected chi connectivity index (χ3v) is 4.52. The van der Waals surface area contributed by atoms with Gasteiger partial charge >= 0.3 is 0 Å². The van der Waals surface area contributed by atoms with E-state index in [1.54, 1.807) is 6.20 Å². The molecule has 3 aromatic rings. The van der Waals surface area contributed by atoms with Crippen LogP contribution in [-0.2, 0) is 25.9 Å². The van der Waals surface area contributed by atoms with Crippen molar-refractivity contribution in [2.45, 2.75) is 45.3 Å². The van der Waals surface area contributed by atoms with Crippen LogP contribution >= 0.6 is 0 Å². The van der Waals surface area contributed by atoms with Crippen LogP contribution in [0.25, 0.3) is 5.69 Å². The molecule has 0 fully saturated rings. The maximum absolute atomic E-state index is 4.57. The molecule has 3 heterocycles. The molecule has 0 radical (unpaired) electrons. The second-order valence-corrected chi connectivity index (χ2v) is 6.21. The van der Waals surface area contributed by atoms with Gasteiger partial charge in [-0.2, -0.15) is 10.2 Å². The lowest BCUT2D eigenvalue weighted by Gasteiger charge is -2.23. The summed E-state index contributed by atoms with van der Waals surface area (Å²) in [7, 11) is 0. The summed E-state index contributed by atoms with van der Waals surface area (Å²) >= 11 is 0. The van der Waals surface area contributed by atoms with E-state index in [1.807, 2.05) is 16.9 Å². The SMILES string of the molecule is CCc1nc2n(n1)C[C@H](NCc1ccc(-n3cccn3)cc1)CC2. The molecule has 6 heteroatoms. The molecule has 1 atom stereocenters. The van der Waals surface area contributed by atoms with E-state index in [2.05, 4.69) is 56.4 Å². The minimum Gasteiger partial charge on any atom is -0.308 e. The average Bonchev–Trinajstić information content (AvgIpc) is 3.29. The first-order valence-electron chi connectivity index (χ1n) is 8.57. The van der Waals surface area contributed by atoms with Gasteiger partial charge in [0.05, 0.1) is 12.2 Å². The van der Waals surface area contributed by atoms with Crippen molar-refractivity contribution >= 4 is 0 Å². The highest BCUT2D eigenvalue weighted by molar-refractivity contribution is 5.33. The summed E-state index contributed by atoms with van der Waals surface area (Å²) in [5.41, 5.74) is 2.37. The van der Waals surface area contributed by atoms with E-state index in [0.717, 1.165) is 49.7 Å². The fourth-order valence-electron chi connectivity index (χ4n) is 3.13. The Morgan fingerprint density at radius 3 is 2.88 bits per heavy atom. The predicted molar refractivity (Wildman–Crippen MR) is 91.9 cm³/mol. The first-order valence-corrected chi connectivity index (χ1v) is 8.57. The second-order valence-electron chi connectivity index (χ2n) is 6.21. The number of nitrogens with one attached hydrogen (secondary N) is 1. The van der Waals surface area contributed by atoms with Crippen molar-refractivity contribution in [1.29, 1.82) is 0 Å². The number of benzene rings is 1. The summed E-state index contributed by atoms with van der Waals surface area (Å²) in [5, 5.41) is 12.5. The van der Waals surface area contributed by atoms with Gasteiger partial charge in [-0.05, 0) is 30.2 Å². The van der Waals surface area contributed by atoms with E-state index in [9.17, 15) is 0 Å². The highest BCUT2D eigenvalue weighted by Gasteiger charge is 2.20. The van der Waals surface area contributed by atoms with Gasteiger partial charge < -0.3 is 5.32 Å². The first-order chi connectivity index (χ1) is 11.8. The van der Waals surface area contributed by atoms with E-state index in [1.165, 1.54) is 5.56 Å². The molecule has 24 heavy (non-hydrogen) atoms. The number of hydrogen-bond acceptors (Lipinski definition) is 4. The molecule has 0 saturated carbocycles. The Kier molecular flexibility index (Phi) is 4.13. The van der Waals surface area contributed by atoms with Gasteiger partial charge in [0, 0.05) is 37.8 Å². The van der Waals surface area contributed by atoms with Crippen LogP contribution in [-0.4, -0.2) is 30.6 Å². The molecule has 0 amide bonds. The summed E-state index contributed by atoms with van der Waals surface area (Å²) in [6.45, 7) is 3.88. The minimum absolute atomic E-state index is 0.453. The van der Waals surface area contributed by atoms with Crippen LogP contribution in [0.15, 0.2) is 42.7 Å². The first kappa shape index (κ1) is 15.1. The van der Waals surface area contributed by atoms with Crippen LogP contribution < -0.4 is 5.32 Å². The molecule has 0 bridgehead atoms. The van der Waals surface area contributed by atoms with Crippen molar-refractivity contribution in [3.63, 3.8) is 0 Å². The zero-order chi connectivity index (χ0) is 16.4. The van der Waals surface area contributed by atoms with Gasteiger partial charge in [0.25, 0.3) is 0 Å². The number of aromatic nitrogens is 5. The van der Waals surface area contributed by atoms with E-state index in [0.29, 0.717) is 6.04 Å². The molecule has 1 aliphatic heterocycles. The minimum atomic E-state index is 0.453. The van der Waals surface area contributed by atoms with Crippen molar-refractivity contribution in [2.75, 3.05) is 0 Å². The van der Waals surface area contributed by atoms with Gasteiger partial charge in [-0.15, -0.1) is 0 Å². The summed E-state index contributed by atoms with van der Waals surface area (Å²) in [4.78, 5) is 4.57. The third-order valence-electron chi connectivity index (χ3n) is 4.52. The van der Waals surface area contributed by atoms with Crippen LogP contribution in [0.5, 0.6) is 0 Å². The van der Waals surface area contributed by atoms with E-state index in [-0.39, 0.29) is 0 Å². The number of aryl methyl sites for hydroxylation is 2. The smallest absolute Gasteiger partial charge is 0.150 e. The molecule has 0 saturated heterocycles. The number of hydrogen-bond donors (Lipinski definition) is 1. The number of rotatable bonds is 5. The van der Waals surface area contributed by atoms with Gasteiger partial charge in [0.1, 0.15) is 5.82 Å². The molecule has 2 aromatic heterocycles. The molecule has 0 aliphatic carbocycles. The fourth-order valence-corrected chi connectivity index (χ4v) is 3.13. The van der Waals surface area contributed by atoms with Crippen LogP contribution in [0, 0.1) is 0 Å². The van der Waals surface area contributed by atoms with Crippen LogP contribution in [0.1, 0.15) is 30.6 Å². The molecule has 1 aliphatic rings. The molecule has 1 N–H and O–H groups in total. The second kappa shape index (κ2) is 6.57. The molecule has 6 nitrogen and oxygen atoms in total. The Morgan fingerprint density at radius 1 is 1.25 bits per heavy atom. The summed E-state index contributed by atoms with van der Waals surface area (Å²) in [6.07, 6.45) is 6.77. The molecule has 0 unspecified atom stereocenters. The molecule has 124 valence electrons. The van der Waals surface area contributed by atoms with Crippen LogP contribution in [0.2, 0.25) is 0 Å². The highest BCUT2D eigenvalue weighted by Crippen LogP contribution is 2.14. The van der Waals surface area contributed by atoms with Gasteiger partial charge in [-0.25, -0.2) is 14.3 Å². The Labute approximate surface area is 141 Å². The Balaban J connectivity index is 1.35. The molecule has 0 spiro atoms. The lowest BCUT2D eigenvalue weighted by molar-refractivity contribution is 0.357. The van der Waals surface area contributed by atoms with E-state index in [4.69, 9.17) is 0 Å². The number of fused-ring (bicyclic) bond motifs is 1. The van der Waals surface area contributed by atoms with Gasteiger partial charge in [0.15, 0.2) is 5.82 Å². The highest BCUT2D eigenvalue weighted by atomic mass is 15.4. The molecular formula is C18H22N6.